The molecule has 3 rings (SSSR count). The number of carbonyl (C=O) groups is 1. The minimum absolute atomic E-state index is 0.0941. The van der Waals surface area contributed by atoms with Crippen molar-refractivity contribution in [3.05, 3.63) is 54.0 Å². The number of fused-ring (bicyclic) bond motifs is 1. The average Bonchev–Trinajstić information content (AvgIpc) is 3.19. The second-order valence-electron chi connectivity index (χ2n) is 6.39. The first-order valence-electron chi connectivity index (χ1n) is 8.38. The molecule has 0 bridgehead atoms. The lowest BCUT2D eigenvalue weighted by atomic mass is 10.0. The van der Waals surface area contributed by atoms with Crippen molar-refractivity contribution in [1.82, 2.24) is 10.0 Å². The number of amides is 1. The highest BCUT2D eigenvalue weighted by atomic mass is 32.2. The van der Waals surface area contributed by atoms with Crippen LogP contribution in [-0.4, -0.2) is 32.7 Å². The molecule has 8 heteroatoms. The summed E-state index contributed by atoms with van der Waals surface area (Å²) in [6, 6.07) is 9.54. The summed E-state index contributed by atoms with van der Waals surface area (Å²) >= 11 is 0. The van der Waals surface area contributed by atoms with E-state index in [-0.39, 0.29) is 22.6 Å². The first-order valence-corrected chi connectivity index (χ1v) is 9.87. The zero-order chi connectivity index (χ0) is 18.7. The van der Waals surface area contributed by atoms with Crippen molar-refractivity contribution in [3.8, 4) is 0 Å². The Morgan fingerprint density at radius 2 is 2.00 bits per heavy atom. The van der Waals surface area contributed by atoms with Crippen LogP contribution in [0.1, 0.15) is 25.2 Å². The lowest BCUT2D eigenvalue weighted by Gasteiger charge is -2.17. The molecule has 7 nitrogen and oxygen atoms in total. The lowest BCUT2D eigenvalue weighted by Crippen LogP contribution is -2.39. The van der Waals surface area contributed by atoms with Crippen LogP contribution >= 0.6 is 0 Å². The van der Waals surface area contributed by atoms with Crippen molar-refractivity contribution in [2.75, 3.05) is 6.54 Å². The molecule has 1 amide bonds. The van der Waals surface area contributed by atoms with Crippen LogP contribution in [0.25, 0.3) is 0 Å². The fraction of sp³-hybridized carbons (Fsp3) is 0.333. The van der Waals surface area contributed by atoms with Crippen molar-refractivity contribution in [2.24, 2.45) is 10.9 Å². The van der Waals surface area contributed by atoms with Gasteiger partial charge in [-0.3, -0.25) is 14.5 Å². The number of furan rings is 1. The third-order valence-electron chi connectivity index (χ3n) is 4.08. The number of sulfonamides is 1. The highest BCUT2D eigenvalue weighted by Crippen LogP contribution is 2.23. The van der Waals surface area contributed by atoms with Crippen LogP contribution in [0, 0.1) is 5.92 Å². The van der Waals surface area contributed by atoms with Gasteiger partial charge in [0.25, 0.3) is 10.0 Å². The van der Waals surface area contributed by atoms with E-state index in [2.05, 4.69) is 15.0 Å². The van der Waals surface area contributed by atoms with Crippen molar-refractivity contribution >= 4 is 21.8 Å². The Morgan fingerprint density at radius 1 is 1.23 bits per heavy atom. The van der Waals surface area contributed by atoms with Crippen LogP contribution in [0.2, 0.25) is 0 Å². The van der Waals surface area contributed by atoms with E-state index in [1.165, 1.54) is 6.07 Å². The van der Waals surface area contributed by atoms with Crippen LogP contribution in [0.5, 0.6) is 0 Å². The van der Waals surface area contributed by atoms with Crippen molar-refractivity contribution in [3.63, 3.8) is 0 Å². The van der Waals surface area contributed by atoms with Gasteiger partial charge in [-0.2, -0.15) is 0 Å². The molecule has 138 valence electrons. The molecule has 1 unspecified atom stereocenters. The van der Waals surface area contributed by atoms with E-state index in [1.54, 1.807) is 30.5 Å². The largest absolute Gasteiger partial charge is 0.469 e. The van der Waals surface area contributed by atoms with Gasteiger partial charge in [0, 0.05) is 18.5 Å². The number of benzene rings is 1. The van der Waals surface area contributed by atoms with Gasteiger partial charge in [-0.05, 0) is 30.2 Å². The molecule has 26 heavy (non-hydrogen) atoms. The second kappa shape index (κ2) is 7.33. The summed E-state index contributed by atoms with van der Waals surface area (Å²) in [5.74, 6) is 0.654. The highest BCUT2D eigenvalue weighted by Gasteiger charge is 2.32. The van der Waals surface area contributed by atoms with Gasteiger partial charge < -0.3 is 9.73 Å². The average molecular weight is 375 g/mol. The van der Waals surface area contributed by atoms with E-state index >= 15 is 0 Å². The van der Waals surface area contributed by atoms with Gasteiger partial charge in [-0.15, -0.1) is 0 Å². The molecule has 0 radical (unpaired) electrons. The molecule has 1 aliphatic rings. The predicted molar refractivity (Wildman–Crippen MR) is 97.3 cm³/mol. The molecule has 0 aliphatic carbocycles. The molecule has 0 saturated carbocycles. The summed E-state index contributed by atoms with van der Waals surface area (Å²) < 4.78 is 32.0. The van der Waals surface area contributed by atoms with Crippen LogP contribution in [-0.2, 0) is 21.2 Å². The molecule has 2 N–H and O–H groups in total. The Labute approximate surface area is 152 Å². The second-order valence-corrected chi connectivity index (χ2v) is 8.04. The molecule has 0 saturated heterocycles. The van der Waals surface area contributed by atoms with Crippen LogP contribution in [0.15, 0.2) is 57.0 Å². The van der Waals surface area contributed by atoms with E-state index in [9.17, 15) is 13.2 Å². The number of amidine groups is 1. The SMILES string of the molecule is CC(C)C(N=C1NS(=O)(=O)c2ccccc21)C(=O)NCCc1ccco1. The zero-order valence-corrected chi connectivity index (χ0v) is 15.4. The third kappa shape index (κ3) is 3.80. The summed E-state index contributed by atoms with van der Waals surface area (Å²) in [5.41, 5.74) is 0.488. The van der Waals surface area contributed by atoms with Gasteiger partial charge in [-0.25, -0.2) is 8.42 Å². The van der Waals surface area contributed by atoms with E-state index in [0.717, 1.165) is 5.76 Å². The van der Waals surface area contributed by atoms with Gasteiger partial charge in [0.2, 0.25) is 5.91 Å². The molecule has 2 aromatic rings. The Bertz CT molecular complexity index is 918. The molecule has 1 aromatic carbocycles. The number of nitrogens with zero attached hydrogens (tertiary/aromatic N) is 1. The van der Waals surface area contributed by atoms with Crippen LogP contribution < -0.4 is 10.0 Å². The van der Waals surface area contributed by atoms with Gasteiger partial charge in [0.05, 0.1) is 11.2 Å². The van der Waals surface area contributed by atoms with Crippen LogP contribution in [0.4, 0.5) is 0 Å². The fourth-order valence-electron chi connectivity index (χ4n) is 2.75. The maximum atomic E-state index is 12.5. The maximum Gasteiger partial charge on any atom is 0.263 e. The monoisotopic (exact) mass is 375 g/mol. The molecule has 0 fully saturated rings. The zero-order valence-electron chi connectivity index (χ0n) is 14.6. The molecule has 1 aliphatic heterocycles. The van der Waals surface area contributed by atoms with Gasteiger partial charge in [0.15, 0.2) is 0 Å². The van der Waals surface area contributed by atoms with E-state index < -0.39 is 16.1 Å². The smallest absolute Gasteiger partial charge is 0.263 e. The third-order valence-corrected chi connectivity index (χ3v) is 5.48. The summed E-state index contributed by atoms with van der Waals surface area (Å²) in [5, 5.41) is 2.84. The van der Waals surface area contributed by atoms with Crippen LogP contribution in [0.3, 0.4) is 0 Å². The summed E-state index contributed by atoms with van der Waals surface area (Å²) in [7, 11) is -3.62. The Morgan fingerprint density at radius 3 is 2.69 bits per heavy atom. The Balaban J connectivity index is 1.76. The highest BCUT2D eigenvalue weighted by molar-refractivity contribution is 7.90. The summed E-state index contributed by atoms with van der Waals surface area (Å²) in [6.45, 7) is 4.16. The number of hydrogen-bond acceptors (Lipinski definition) is 5. The van der Waals surface area contributed by atoms with Gasteiger partial charge in [0.1, 0.15) is 17.6 Å². The van der Waals surface area contributed by atoms with Gasteiger partial charge >= 0.3 is 0 Å². The number of hydrogen-bond donors (Lipinski definition) is 2. The summed E-state index contributed by atoms with van der Waals surface area (Å²) in [4.78, 5) is 17.1. The molecule has 2 heterocycles. The molecular formula is C18H21N3O4S. The fourth-order valence-corrected chi connectivity index (χ4v) is 3.99. The Kier molecular flexibility index (Phi) is 5.13. The predicted octanol–water partition coefficient (Wildman–Crippen LogP) is 1.70. The topological polar surface area (TPSA) is 101 Å². The first kappa shape index (κ1) is 18.2. The first-order chi connectivity index (χ1) is 12.4. The number of nitrogens with one attached hydrogen (secondary N) is 2. The molecule has 1 atom stereocenters. The van der Waals surface area contributed by atoms with E-state index in [1.807, 2.05) is 19.9 Å². The number of aliphatic imine (C=N–C) groups is 1. The van der Waals surface area contributed by atoms with E-state index in [4.69, 9.17) is 4.42 Å². The number of carbonyl (C=O) groups excluding carboxylic acids is 1. The van der Waals surface area contributed by atoms with Crippen molar-refractivity contribution in [1.29, 1.82) is 0 Å². The molecular weight excluding hydrogens is 354 g/mol. The Hall–Kier alpha value is -2.61. The normalized spacial score (nSPS) is 17.7. The quantitative estimate of drug-likeness (QED) is 0.802. The molecule has 1 aromatic heterocycles. The minimum Gasteiger partial charge on any atom is -0.469 e. The minimum atomic E-state index is -3.62. The van der Waals surface area contributed by atoms with E-state index in [0.29, 0.717) is 18.5 Å². The van der Waals surface area contributed by atoms with Crippen molar-refractivity contribution < 1.29 is 17.6 Å². The molecule has 0 spiro atoms. The standard InChI is InChI=1S/C18H21N3O4S/c1-12(2)16(18(22)19-10-9-13-6-5-11-25-13)20-17-14-7-3-4-8-15(14)26(23,24)21-17/h3-8,11-12,16H,9-10H2,1-2H3,(H,19,22)(H,20,21). The van der Waals surface area contributed by atoms with Gasteiger partial charge in [-0.1, -0.05) is 26.0 Å². The maximum absolute atomic E-state index is 12.5. The number of rotatable bonds is 6. The lowest BCUT2D eigenvalue weighted by molar-refractivity contribution is -0.123. The van der Waals surface area contributed by atoms with Crippen molar-refractivity contribution in [2.45, 2.75) is 31.2 Å². The summed E-state index contributed by atoms with van der Waals surface area (Å²) in [6.07, 6.45) is 2.17.